The highest BCUT2D eigenvalue weighted by Gasteiger charge is 1.98. The number of phenolic OH excluding ortho intramolecular Hbond substituents is 1. The Morgan fingerprint density at radius 1 is 1.00 bits per heavy atom. The molecule has 0 radical (unpaired) electrons. The molecule has 24 heavy (non-hydrogen) atoms. The van der Waals surface area contributed by atoms with Gasteiger partial charge in [-0.2, -0.15) is 0 Å². The summed E-state index contributed by atoms with van der Waals surface area (Å²) in [6.45, 7) is 3.93. The molecule has 0 bridgehead atoms. The molecule has 2 N–H and O–H groups in total. The first-order valence-corrected chi connectivity index (χ1v) is 7.73. The predicted octanol–water partition coefficient (Wildman–Crippen LogP) is 4.94. The Hall–Kier alpha value is -3.07. The van der Waals surface area contributed by atoms with Crippen molar-refractivity contribution in [2.75, 3.05) is 5.32 Å². The number of hydrogen-bond acceptors (Lipinski definition) is 2. The van der Waals surface area contributed by atoms with Crippen LogP contribution in [-0.2, 0) is 4.79 Å². The zero-order chi connectivity index (χ0) is 17.4. The fourth-order valence-electron chi connectivity index (χ4n) is 2.12. The quantitative estimate of drug-likeness (QED) is 0.466. The lowest BCUT2D eigenvalue weighted by Crippen LogP contribution is -2.08. The van der Waals surface area contributed by atoms with E-state index in [1.807, 2.05) is 43.4 Å². The van der Waals surface area contributed by atoms with Crippen LogP contribution in [0.1, 0.15) is 19.4 Å². The number of rotatable bonds is 5. The van der Waals surface area contributed by atoms with Gasteiger partial charge in [0.05, 0.1) is 0 Å². The Morgan fingerprint density at radius 3 is 2.33 bits per heavy atom. The van der Waals surface area contributed by atoms with Crippen LogP contribution in [0, 0.1) is 0 Å². The smallest absolute Gasteiger partial charge is 0.248 e. The van der Waals surface area contributed by atoms with Crippen LogP contribution >= 0.6 is 0 Å². The van der Waals surface area contributed by atoms with E-state index >= 15 is 0 Å². The zero-order valence-electron chi connectivity index (χ0n) is 13.9. The number of aromatic hydroxyl groups is 1. The van der Waals surface area contributed by atoms with E-state index in [-0.39, 0.29) is 11.7 Å². The van der Waals surface area contributed by atoms with Crippen molar-refractivity contribution in [3.8, 4) is 5.75 Å². The molecule has 3 nitrogen and oxygen atoms in total. The van der Waals surface area contributed by atoms with Crippen LogP contribution in [0.25, 0.3) is 5.57 Å². The Balaban J connectivity index is 1.95. The lowest BCUT2D eigenvalue weighted by atomic mass is 10.1. The summed E-state index contributed by atoms with van der Waals surface area (Å²) in [7, 11) is 0. The molecule has 2 rings (SSSR count). The van der Waals surface area contributed by atoms with Crippen molar-refractivity contribution in [2.24, 2.45) is 0 Å². The number of carbonyl (C=O) groups is 1. The van der Waals surface area contributed by atoms with Crippen LogP contribution in [-0.4, -0.2) is 11.0 Å². The zero-order valence-corrected chi connectivity index (χ0v) is 13.9. The number of nitrogens with one attached hydrogen (secondary N) is 1. The van der Waals surface area contributed by atoms with Gasteiger partial charge in [-0.3, -0.25) is 4.79 Å². The van der Waals surface area contributed by atoms with E-state index in [9.17, 15) is 9.90 Å². The van der Waals surface area contributed by atoms with E-state index in [0.29, 0.717) is 5.69 Å². The van der Waals surface area contributed by atoms with Gasteiger partial charge < -0.3 is 10.4 Å². The second-order valence-electron chi connectivity index (χ2n) is 5.50. The van der Waals surface area contributed by atoms with Crippen LogP contribution in [0.2, 0.25) is 0 Å². The topological polar surface area (TPSA) is 49.3 Å². The Labute approximate surface area is 142 Å². The summed E-state index contributed by atoms with van der Waals surface area (Å²) in [5.41, 5.74) is 3.83. The van der Waals surface area contributed by atoms with Gasteiger partial charge in [0.2, 0.25) is 5.91 Å². The van der Waals surface area contributed by atoms with Gasteiger partial charge in [0, 0.05) is 11.8 Å². The van der Waals surface area contributed by atoms with E-state index < -0.39 is 0 Å². The fraction of sp³-hybridized carbons (Fsp3) is 0.0952. The van der Waals surface area contributed by atoms with Crippen molar-refractivity contribution in [3.05, 3.63) is 90.0 Å². The summed E-state index contributed by atoms with van der Waals surface area (Å²) in [5.74, 6) is -0.0326. The Kier molecular flexibility index (Phi) is 6.15. The predicted molar refractivity (Wildman–Crippen MR) is 99.7 cm³/mol. The molecule has 0 aliphatic carbocycles. The van der Waals surface area contributed by atoms with Gasteiger partial charge in [-0.15, -0.1) is 0 Å². The molecule has 2 aromatic carbocycles. The van der Waals surface area contributed by atoms with Crippen molar-refractivity contribution in [3.63, 3.8) is 0 Å². The standard InChI is InChI=1S/C21H21NO2/c1-16(7-6-8-17(2)18-9-4-3-5-10-18)15-21(24)22-19-11-13-20(23)14-12-19/h3-15,23H,1-2H3,(H,22,24)/b7-6+,16-15+,17-8-. The van der Waals surface area contributed by atoms with E-state index in [0.717, 1.165) is 11.1 Å². The molecule has 0 unspecified atom stereocenters. The average molecular weight is 319 g/mol. The minimum atomic E-state index is -0.202. The number of benzene rings is 2. The molecule has 0 aromatic heterocycles. The van der Waals surface area contributed by atoms with Gasteiger partial charge in [0.15, 0.2) is 0 Å². The minimum absolute atomic E-state index is 0.170. The normalized spacial score (nSPS) is 12.4. The molecule has 0 aliphatic heterocycles. The summed E-state index contributed by atoms with van der Waals surface area (Å²) in [5, 5.41) is 12.0. The summed E-state index contributed by atoms with van der Waals surface area (Å²) in [6.07, 6.45) is 7.38. The minimum Gasteiger partial charge on any atom is -0.508 e. The summed E-state index contributed by atoms with van der Waals surface area (Å²) in [6, 6.07) is 16.5. The highest BCUT2D eigenvalue weighted by molar-refractivity contribution is 6.00. The van der Waals surface area contributed by atoms with Crippen molar-refractivity contribution in [1.82, 2.24) is 0 Å². The third kappa shape index (κ3) is 5.61. The van der Waals surface area contributed by atoms with Crippen LogP contribution in [0.5, 0.6) is 5.75 Å². The van der Waals surface area contributed by atoms with E-state index in [2.05, 4.69) is 24.4 Å². The second kappa shape index (κ2) is 8.53. The molecule has 0 saturated carbocycles. The molecule has 2 aromatic rings. The molecule has 3 heteroatoms. The van der Waals surface area contributed by atoms with E-state index in [1.165, 1.54) is 23.8 Å². The third-order valence-corrected chi connectivity index (χ3v) is 3.43. The van der Waals surface area contributed by atoms with Crippen molar-refractivity contribution in [1.29, 1.82) is 0 Å². The van der Waals surface area contributed by atoms with Gasteiger partial charge in [0.1, 0.15) is 5.75 Å². The summed E-state index contributed by atoms with van der Waals surface area (Å²) < 4.78 is 0. The van der Waals surface area contributed by atoms with Crippen molar-refractivity contribution >= 4 is 17.2 Å². The van der Waals surface area contributed by atoms with E-state index in [4.69, 9.17) is 0 Å². The van der Waals surface area contributed by atoms with Gasteiger partial charge in [0.25, 0.3) is 0 Å². The Morgan fingerprint density at radius 2 is 1.67 bits per heavy atom. The molecule has 0 heterocycles. The van der Waals surface area contributed by atoms with Gasteiger partial charge >= 0.3 is 0 Å². The van der Waals surface area contributed by atoms with Gasteiger partial charge in [-0.25, -0.2) is 0 Å². The number of allylic oxidation sites excluding steroid dienone is 5. The van der Waals surface area contributed by atoms with Gasteiger partial charge in [-0.05, 0) is 54.8 Å². The summed E-state index contributed by atoms with van der Waals surface area (Å²) >= 11 is 0. The van der Waals surface area contributed by atoms with E-state index in [1.54, 1.807) is 12.1 Å². The van der Waals surface area contributed by atoms with Crippen LogP contribution in [0.15, 0.2) is 84.5 Å². The van der Waals surface area contributed by atoms with Crippen LogP contribution in [0.4, 0.5) is 5.69 Å². The first kappa shape index (κ1) is 17.3. The maximum Gasteiger partial charge on any atom is 0.248 e. The highest BCUT2D eigenvalue weighted by Crippen LogP contribution is 2.14. The molecular weight excluding hydrogens is 298 g/mol. The summed E-state index contributed by atoms with van der Waals surface area (Å²) in [4.78, 5) is 11.9. The first-order valence-electron chi connectivity index (χ1n) is 7.73. The molecule has 0 saturated heterocycles. The number of carbonyl (C=O) groups excluding carboxylic acids is 1. The third-order valence-electron chi connectivity index (χ3n) is 3.43. The number of hydrogen-bond donors (Lipinski definition) is 2. The van der Waals surface area contributed by atoms with Crippen molar-refractivity contribution < 1.29 is 9.90 Å². The molecule has 0 aliphatic rings. The number of phenols is 1. The highest BCUT2D eigenvalue weighted by atomic mass is 16.3. The maximum atomic E-state index is 11.9. The van der Waals surface area contributed by atoms with Gasteiger partial charge in [-0.1, -0.05) is 48.6 Å². The van der Waals surface area contributed by atoms with Crippen molar-refractivity contribution in [2.45, 2.75) is 13.8 Å². The molecule has 0 atom stereocenters. The number of anilines is 1. The lowest BCUT2D eigenvalue weighted by Gasteiger charge is -2.02. The van der Waals surface area contributed by atoms with Crippen LogP contribution in [0.3, 0.4) is 0 Å². The molecule has 0 spiro atoms. The largest absolute Gasteiger partial charge is 0.508 e. The molecular formula is C21H21NO2. The number of amides is 1. The SMILES string of the molecule is C/C(=C/C=C/C(C)=C/C(=O)Nc1ccc(O)cc1)c1ccccc1. The monoisotopic (exact) mass is 319 g/mol. The Bertz CT molecular complexity index is 769. The lowest BCUT2D eigenvalue weighted by molar-refractivity contribution is -0.111. The fourth-order valence-corrected chi connectivity index (χ4v) is 2.12. The molecule has 0 fully saturated rings. The maximum absolute atomic E-state index is 11.9. The molecule has 122 valence electrons. The second-order valence-corrected chi connectivity index (χ2v) is 5.50. The average Bonchev–Trinajstić information content (AvgIpc) is 2.57. The molecule has 1 amide bonds. The van der Waals surface area contributed by atoms with Crippen LogP contribution < -0.4 is 5.32 Å². The first-order chi connectivity index (χ1) is 11.5.